The molecule has 0 heterocycles. The number of aliphatic carboxylic acids is 1. The Labute approximate surface area is 125 Å². The van der Waals surface area contributed by atoms with E-state index in [4.69, 9.17) is 0 Å². The first kappa shape index (κ1) is 14.3. The number of carboxylic acid groups (broad SMARTS) is 1. The zero-order chi connectivity index (χ0) is 13.9. The molecule has 2 N–H and O–H groups in total. The highest BCUT2D eigenvalue weighted by Crippen LogP contribution is 2.30. The molecule has 0 radical (unpaired) electrons. The minimum absolute atomic E-state index is 0.214. The highest BCUT2D eigenvalue weighted by molar-refractivity contribution is 14.1. The number of benzene rings is 1. The van der Waals surface area contributed by atoms with Crippen molar-refractivity contribution in [1.82, 2.24) is 5.32 Å². The van der Waals surface area contributed by atoms with Crippen LogP contribution in [0.1, 0.15) is 31.2 Å². The summed E-state index contributed by atoms with van der Waals surface area (Å²) in [5.74, 6) is -1.13. The molecule has 1 aliphatic carbocycles. The van der Waals surface area contributed by atoms with Crippen LogP contribution in [0.2, 0.25) is 0 Å². The van der Waals surface area contributed by atoms with Gasteiger partial charge in [0.15, 0.2) is 0 Å². The van der Waals surface area contributed by atoms with Crippen LogP contribution in [0.15, 0.2) is 24.3 Å². The van der Waals surface area contributed by atoms with Gasteiger partial charge >= 0.3 is 5.97 Å². The van der Waals surface area contributed by atoms with E-state index in [0.29, 0.717) is 12.8 Å². The molecule has 1 aromatic carbocycles. The average Bonchev–Trinajstić information content (AvgIpc) is 2.82. The van der Waals surface area contributed by atoms with Gasteiger partial charge in [-0.05, 0) is 47.1 Å². The quantitative estimate of drug-likeness (QED) is 0.797. The van der Waals surface area contributed by atoms with Crippen LogP contribution in [0, 0.1) is 3.57 Å². The van der Waals surface area contributed by atoms with E-state index in [-0.39, 0.29) is 12.3 Å². The van der Waals surface area contributed by atoms with Crippen LogP contribution in [0.3, 0.4) is 0 Å². The van der Waals surface area contributed by atoms with Crippen molar-refractivity contribution in [2.24, 2.45) is 0 Å². The molecule has 0 aliphatic heterocycles. The fourth-order valence-corrected chi connectivity index (χ4v) is 3.07. The van der Waals surface area contributed by atoms with Crippen molar-refractivity contribution >= 4 is 34.5 Å². The molecule has 0 aromatic heterocycles. The molecule has 1 aromatic rings. The van der Waals surface area contributed by atoms with Gasteiger partial charge in [-0.3, -0.25) is 4.79 Å². The van der Waals surface area contributed by atoms with E-state index < -0.39 is 11.5 Å². The molecule has 0 saturated heterocycles. The molecule has 2 rings (SSSR count). The first-order valence-electron chi connectivity index (χ1n) is 6.31. The highest BCUT2D eigenvalue weighted by Gasteiger charge is 2.42. The monoisotopic (exact) mass is 373 g/mol. The van der Waals surface area contributed by atoms with E-state index >= 15 is 0 Å². The number of carbonyl (C=O) groups is 2. The number of hydrogen-bond acceptors (Lipinski definition) is 2. The van der Waals surface area contributed by atoms with Crippen molar-refractivity contribution in [2.75, 3.05) is 0 Å². The van der Waals surface area contributed by atoms with Crippen LogP contribution in [-0.4, -0.2) is 22.5 Å². The number of amides is 1. The summed E-state index contributed by atoms with van der Waals surface area (Å²) >= 11 is 2.18. The Morgan fingerprint density at radius 2 is 1.89 bits per heavy atom. The van der Waals surface area contributed by atoms with Gasteiger partial charge in [-0.1, -0.05) is 31.0 Å². The van der Waals surface area contributed by atoms with Gasteiger partial charge in [0.1, 0.15) is 5.54 Å². The fraction of sp³-hybridized carbons (Fsp3) is 0.429. The maximum atomic E-state index is 12.1. The summed E-state index contributed by atoms with van der Waals surface area (Å²) in [4.78, 5) is 23.4. The predicted octanol–water partition coefficient (Wildman–Crippen LogP) is 2.35. The van der Waals surface area contributed by atoms with Crippen molar-refractivity contribution in [1.29, 1.82) is 0 Å². The first-order chi connectivity index (χ1) is 9.03. The molecule has 0 atom stereocenters. The van der Waals surface area contributed by atoms with Crippen LogP contribution in [0.25, 0.3) is 0 Å². The molecule has 1 amide bonds. The molecular formula is C14H16INO3. The Kier molecular flexibility index (Phi) is 4.44. The van der Waals surface area contributed by atoms with Crippen molar-refractivity contribution in [3.8, 4) is 0 Å². The number of carboxylic acids is 1. The molecule has 1 saturated carbocycles. The first-order valence-corrected chi connectivity index (χ1v) is 7.39. The third-order valence-corrected chi connectivity index (χ3v) is 4.61. The Morgan fingerprint density at radius 3 is 2.47 bits per heavy atom. The maximum Gasteiger partial charge on any atom is 0.329 e. The lowest BCUT2D eigenvalue weighted by atomic mass is 9.97. The molecule has 102 valence electrons. The lowest BCUT2D eigenvalue weighted by Crippen LogP contribution is -2.53. The maximum absolute atomic E-state index is 12.1. The van der Waals surface area contributed by atoms with Crippen molar-refractivity contribution in [3.63, 3.8) is 0 Å². The van der Waals surface area contributed by atoms with Crippen LogP contribution in [0.4, 0.5) is 0 Å². The minimum Gasteiger partial charge on any atom is -0.480 e. The summed E-state index contributed by atoms with van der Waals surface area (Å²) in [5.41, 5.74) is -0.115. The Balaban J connectivity index is 2.05. The van der Waals surface area contributed by atoms with Crippen LogP contribution < -0.4 is 5.32 Å². The van der Waals surface area contributed by atoms with Gasteiger partial charge < -0.3 is 10.4 Å². The molecular weight excluding hydrogens is 357 g/mol. The average molecular weight is 373 g/mol. The summed E-state index contributed by atoms with van der Waals surface area (Å²) in [5, 5.41) is 12.0. The third-order valence-electron chi connectivity index (χ3n) is 3.55. The zero-order valence-electron chi connectivity index (χ0n) is 10.5. The standard InChI is InChI=1S/C14H16INO3/c15-11-6-2-1-5-10(11)9-12(17)16-14(13(18)19)7-3-4-8-14/h1-2,5-6H,3-4,7-9H2,(H,16,17)(H,18,19). The number of halogens is 1. The molecule has 19 heavy (non-hydrogen) atoms. The summed E-state index contributed by atoms with van der Waals surface area (Å²) in [6.07, 6.45) is 3.00. The van der Waals surface area contributed by atoms with Gasteiger partial charge in [0.25, 0.3) is 0 Å². The Bertz CT molecular complexity index is 495. The molecule has 5 heteroatoms. The van der Waals surface area contributed by atoms with Crippen molar-refractivity contribution in [3.05, 3.63) is 33.4 Å². The lowest BCUT2D eigenvalue weighted by Gasteiger charge is -2.25. The number of carbonyl (C=O) groups excluding carboxylic acids is 1. The van der Waals surface area contributed by atoms with Gasteiger partial charge in [-0.15, -0.1) is 0 Å². The third kappa shape index (κ3) is 3.26. The number of rotatable bonds is 4. The lowest BCUT2D eigenvalue weighted by molar-refractivity contribution is -0.147. The van der Waals surface area contributed by atoms with Crippen LogP contribution in [0.5, 0.6) is 0 Å². The largest absolute Gasteiger partial charge is 0.480 e. The second-order valence-electron chi connectivity index (χ2n) is 4.91. The summed E-state index contributed by atoms with van der Waals surface area (Å²) in [7, 11) is 0. The van der Waals surface area contributed by atoms with Crippen LogP contribution >= 0.6 is 22.6 Å². The number of hydrogen-bond donors (Lipinski definition) is 2. The zero-order valence-corrected chi connectivity index (χ0v) is 12.6. The molecule has 1 aliphatic rings. The molecule has 0 bridgehead atoms. The second kappa shape index (κ2) is 5.90. The highest BCUT2D eigenvalue weighted by atomic mass is 127. The van der Waals surface area contributed by atoms with Gasteiger partial charge in [-0.2, -0.15) is 0 Å². The van der Waals surface area contributed by atoms with E-state index in [1.54, 1.807) is 0 Å². The summed E-state index contributed by atoms with van der Waals surface area (Å²) in [6, 6.07) is 7.63. The van der Waals surface area contributed by atoms with Crippen LogP contribution in [-0.2, 0) is 16.0 Å². The van der Waals surface area contributed by atoms with Gasteiger partial charge in [0.05, 0.1) is 6.42 Å². The summed E-state index contributed by atoms with van der Waals surface area (Å²) < 4.78 is 1.02. The molecule has 4 nitrogen and oxygen atoms in total. The van der Waals surface area contributed by atoms with Gasteiger partial charge in [0.2, 0.25) is 5.91 Å². The van der Waals surface area contributed by atoms with E-state index in [2.05, 4.69) is 27.9 Å². The van der Waals surface area contributed by atoms with E-state index in [9.17, 15) is 14.7 Å². The minimum atomic E-state index is -1.04. The molecule has 1 fully saturated rings. The van der Waals surface area contributed by atoms with Gasteiger partial charge in [-0.25, -0.2) is 4.79 Å². The fourth-order valence-electron chi connectivity index (χ4n) is 2.50. The SMILES string of the molecule is O=C(Cc1ccccc1I)NC1(C(=O)O)CCCC1. The predicted molar refractivity (Wildman–Crippen MR) is 79.8 cm³/mol. The second-order valence-corrected chi connectivity index (χ2v) is 6.07. The number of nitrogens with one attached hydrogen (secondary N) is 1. The molecule has 0 unspecified atom stereocenters. The Hall–Kier alpha value is -1.11. The van der Waals surface area contributed by atoms with E-state index in [1.165, 1.54) is 0 Å². The van der Waals surface area contributed by atoms with E-state index in [1.807, 2.05) is 24.3 Å². The Morgan fingerprint density at radius 1 is 1.26 bits per heavy atom. The van der Waals surface area contributed by atoms with Crippen molar-refractivity contribution < 1.29 is 14.7 Å². The van der Waals surface area contributed by atoms with E-state index in [0.717, 1.165) is 22.0 Å². The normalized spacial score (nSPS) is 17.1. The smallest absolute Gasteiger partial charge is 0.329 e. The summed E-state index contributed by atoms with van der Waals surface area (Å²) in [6.45, 7) is 0. The van der Waals surface area contributed by atoms with Gasteiger partial charge in [0, 0.05) is 3.57 Å². The van der Waals surface area contributed by atoms with Crippen molar-refractivity contribution in [2.45, 2.75) is 37.6 Å². The topological polar surface area (TPSA) is 66.4 Å². The molecule has 0 spiro atoms.